The molecule has 2 aromatic rings. The van der Waals surface area contributed by atoms with E-state index in [1.165, 1.54) is 0 Å². The molecule has 0 radical (unpaired) electrons. The summed E-state index contributed by atoms with van der Waals surface area (Å²) in [5, 5.41) is 10.6. The lowest BCUT2D eigenvalue weighted by molar-refractivity contribution is 0.190. The molecule has 0 spiro atoms. The Balaban J connectivity index is 2.43. The van der Waals surface area contributed by atoms with Crippen molar-refractivity contribution in [3.05, 3.63) is 52.5 Å². The largest absolute Gasteiger partial charge is 0.496 e. The average molecular weight is 293 g/mol. The highest BCUT2D eigenvalue weighted by Gasteiger charge is 2.16. The first-order valence-electron chi connectivity index (χ1n) is 6.32. The Morgan fingerprint density at radius 2 is 1.80 bits per heavy atom. The van der Waals surface area contributed by atoms with Crippen LogP contribution in [0.15, 0.2) is 36.4 Å². The van der Waals surface area contributed by atoms with Crippen LogP contribution in [0.1, 0.15) is 24.2 Å². The molecule has 106 valence electrons. The molecular weight excluding hydrogens is 276 g/mol. The van der Waals surface area contributed by atoms with Crippen LogP contribution in [0.5, 0.6) is 17.2 Å². The van der Waals surface area contributed by atoms with Crippen LogP contribution in [0.4, 0.5) is 0 Å². The zero-order valence-corrected chi connectivity index (χ0v) is 12.4. The molecule has 1 N–H and O–H groups in total. The number of rotatable bonds is 4. The number of aliphatic hydroxyl groups excluding tert-OH is 1. The van der Waals surface area contributed by atoms with Crippen LogP contribution in [0.2, 0.25) is 5.02 Å². The van der Waals surface area contributed by atoms with Gasteiger partial charge < -0.3 is 14.6 Å². The third-order valence-electron chi connectivity index (χ3n) is 3.02. The molecule has 2 aromatic carbocycles. The summed E-state index contributed by atoms with van der Waals surface area (Å²) in [4.78, 5) is 0. The third-order valence-corrected chi connectivity index (χ3v) is 3.26. The topological polar surface area (TPSA) is 38.7 Å². The number of hydrogen-bond donors (Lipinski definition) is 1. The van der Waals surface area contributed by atoms with Gasteiger partial charge in [-0.2, -0.15) is 0 Å². The van der Waals surface area contributed by atoms with E-state index in [-0.39, 0.29) is 0 Å². The van der Waals surface area contributed by atoms with Crippen molar-refractivity contribution >= 4 is 11.6 Å². The van der Waals surface area contributed by atoms with E-state index in [4.69, 9.17) is 21.1 Å². The van der Waals surface area contributed by atoms with E-state index < -0.39 is 6.10 Å². The molecule has 0 heterocycles. The van der Waals surface area contributed by atoms with Crippen molar-refractivity contribution in [1.82, 2.24) is 0 Å². The zero-order chi connectivity index (χ0) is 14.7. The van der Waals surface area contributed by atoms with Gasteiger partial charge in [0.25, 0.3) is 0 Å². The minimum absolute atomic E-state index is 0.574. The van der Waals surface area contributed by atoms with Gasteiger partial charge in [-0.05, 0) is 49.7 Å². The molecular formula is C16H17ClO3. The molecule has 1 atom stereocenters. The first kappa shape index (κ1) is 14.7. The van der Waals surface area contributed by atoms with E-state index >= 15 is 0 Å². The molecule has 0 fully saturated rings. The second kappa shape index (κ2) is 6.16. The molecule has 0 saturated carbocycles. The van der Waals surface area contributed by atoms with E-state index in [0.29, 0.717) is 27.8 Å². The predicted molar refractivity (Wildman–Crippen MR) is 79.9 cm³/mol. The van der Waals surface area contributed by atoms with Gasteiger partial charge in [0.1, 0.15) is 17.2 Å². The molecule has 2 rings (SSSR count). The van der Waals surface area contributed by atoms with Crippen molar-refractivity contribution in [2.24, 2.45) is 0 Å². The van der Waals surface area contributed by atoms with Crippen LogP contribution in [0.25, 0.3) is 0 Å². The highest BCUT2D eigenvalue weighted by molar-refractivity contribution is 6.30. The quantitative estimate of drug-likeness (QED) is 0.901. The summed E-state index contributed by atoms with van der Waals surface area (Å²) in [6.45, 7) is 3.60. The molecule has 0 amide bonds. The number of hydrogen-bond acceptors (Lipinski definition) is 3. The highest BCUT2D eigenvalue weighted by atomic mass is 35.5. The van der Waals surface area contributed by atoms with Gasteiger partial charge in [0.15, 0.2) is 0 Å². The molecule has 0 aliphatic carbocycles. The summed E-state index contributed by atoms with van der Waals surface area (Å²) in [6, 6.07) is 10.8. The highest BCUT2D eigenvalue weighted by Crippen LogP contribution is 2.37. The standard InChI is InChI=1S/C16H17ClO3/c1-10-9-12(17)7-8-13(10)20-15-6-4-5-14(19-3)16(15)11(2)18/h4-9,11,18H,1-3H3/t11-/m0/s1. The first-order valence-corrected chi connectivity index (χ1v) is 6.69. The van der Waals surface area contributed by atoms with Crippen LogP contribution in [-0.4, -0.2) is 12.2 Å². The Kier molecular flexibility index (Phi) is 4.53. The van der Waals surface area contributed by atoms with E-state index in [9.17, 15) is 5.11 Å². The van der Waals surface area contributed by atoms with Gasteiger partial charge in [0.2, 0.25) is 0 Å². The summed E-state index contributed by atoms with van der Waals surface area (Å²) in [7, 11) is 1.57. The number of methoxy groups -OCH3 is 1. The van der Waals surface area contributed by atoms with Crippen LogP contribution in [0, 0.1) is 6.92 Å². The zero-order valence-electron chi connectivity index (χ0n) is 11.7. The van der Waals surface area contributed by atoms with Gasteiger partial charge in [0.05, 0.1) is 18.8 Å². The van der Waals surface area contributed by atoms with Crippen LogP contribution in [0.3, 0.4) is 0 Å². The SMILES string of the molecule is COc1cccc(Oc2ccc(Cl)cc2C)c1[C@H](C)O. The predicted octanol–water partition coefficient (Wildman–Crippen LogP) is 4.50. The lowest BCUT2D eigenvalue weighted by Crippen LogP contribution is -2.00. The maximum Gasteiger partial charge on any atom is 0.136 e. The number of benzene rings is 2. The summed E-state index contributed by atoms with van der Waals surface area (Å²) >= 11 is 5.93. The fraction of sp³-hybridized carbons (Fsp3) is 0.250. The summed E-state index contributed by atoms with van der Waals surface area (Å²) in [5.41, 5.74) is 1.56. The second-order valence-corrected chi connectivity index (χ2v) is 5.00. The molecule has 0 unspecified atom stereocenters. The Morgan fingerprint density at radius 1 is 1.10 bits per heavy atom. The van der Waals surface area contributed by atoms with Gasteiger partial charge >= 0.3 is 0 Å². The van der Waals surface area contributed by atoms with E-state index in [1.54, 1.807) is 32.2 Å². The second-order valence-electron chi connectivity index (χ2n) is 4.56. The Bertz CT molecular complexity index is 609. The van der Waals surface area contributed by atoms with Crippen molar-refractivity contribution in [3.8, 4) is 17.2 Å². The maximum absolute atomic E-state index is 9.93. The van der Waals surface area contributed by atoms with Crippen LogP contribution in [-0.2, 0) is 0 Å². The molecule has 0 aromatic heterocycles. The van der Waals surface area contributed by atoms with Gasteiger partial charge in [-0.1, -0.05) is 17.7 Å². The molecule has 0 bridgehead atoms. The first-order chi connectivity index (χ1) is 9.52. The Hall–Kier alpha value is -1.71. The van der Waals surface area contributed by atoms with Crippen molar-refractivity contribution in [2.75, 3.05) is 7.11 Å². The number of halogens is 1. The molecule has 0 aliphatic rings. The monoisotopic (exact) mass is 292 g/mol. The molecule has 0 saturated heterocycles. The van der Waals surface area contributed by atoms with Crippen LogP contribution < -0.4 is 9.47 Å². The molecule has 20 heavy (non-hydrogen) atoms. The number of aliphatic hydroxyl groups is 1. The van der Waals surface area contributed by atoms with Gasteiger partial charge in [-0.15, -0.1) is 0 Å². The van der Waals surface area contributed by atoms with Gasteiger partial charge in [0, 0.05) is 5.02 Å². The third kappa shape index (κ3) is 3.06. The Labute approximate surface area is 123 Å². The Morgan fingerprint density at radius 3 is 2.40 bits per heavy atom. The van der Waals surface area contributed by atoms with Crippen LogP contribution >= 0.6 is 11.6 Å². The van der Waals surface area contributed by atoms with E-state index in [2.05, 4.69) is 0 Å². The molecule has 4 heteroatoms. The van der Waals surface area contributed by atoms with Crippen molar-refractivity contribution in [1.29, 1.82) is 0 Å². The van der Waals surface area contributed by atoms with Crippen molar-refractivity contribution < 1.29 is 14.6 Å². The average Bonchev–Trinajstić information content (AvgIpc) is 2.41. The number of ether oxygens (including phenoxy) is 2. The minimum Gasteiger partial charge on any atom is -0.496 e. The lowest BCUT2D eigenvalue weighted by atomic mass is 10.1. The molecule has 0 aliphatic heterocycles. The maximum atomic E-state index is 9.93. The fourth-order valence-electron chi connectivity index (χ4n) is 2.05. The van der Waals surface area contributed by atoms with E-state index in [1.807, 2.05) is 25.1 Å². The van der Waals surface area contributed by atoms with Crippen molar-refractivity contribution in [3.63, 3.8) is 0 Å². The van der Waals surface area contributed by atoms with E-state index in [0.717, 1.165) is 5.56 Å². The molecule has 3 nitrogen and oxygen atoms in total. The lowest BCUT2D eigenvalue weighted by Gasteiger charge is -2.17. The minimum atomic E-state index is -0.686. The van der Waals surface area contributed by atoms with Gasteiger partial charge in [-0.25, -0.2) is 0 Å². The van der Waals surface area contributed by atoms with Gasteiger partial charge in [-0.3, -0.25) is 0 Å². The summed E-state index contributed by atoms with van der Waals surface area (Å²) < 4.78 is 11.2. The summed E-state index contributed by atoms with van der Waals surface area (Å²) in [6.07, 6.45) is -0.686. The number of aryl methyl sites for hydroxylation is 1. The summed E-state index contributed by atoms with van der Waals surface area (Å²) in [5.74, 6) is 1.87. The van der Waals surface area contributed by atoms with Crippen molar-refractivity contribution in [2.45, 2.75) is 20.0 Å². The normalized spacial score (nSPS) is 12.1. The smallest absolute Gasteiger partial charge is 0.136 e. The fourth-order valence-corrected chi connectivity index (χ4v) is 2.28.